The third-order valence-electron chi connectivity index (χ3n) is 4.27. The first kappa shape index (κ1) is 18.1. The van der Waals surface area contributed by atoms with Crippen LogP contribution < -0.4 is 0 Å². The highest BCUT2D eigenvalue weighted by Crippen LogP contribution is 2.40. The maximum absolute atomic E-state index is 13.0. The zero-order valence-corrected chi connectivity index (χ0v) is 15.8. The molecule has 2 aliphatic rings. The molecule has 1 heterocycles. The molecule has 1 aliphatic carbocycles. The number of benzene rings is 1. The Morgan fingerprint density at radius 3 is 2.92 bits per heavy atom. The summed E-state index contributed by atoms with van der Waals surface area (Å²) in [7, 11) is 0. The number of fused-ring (bicyclic) bond motifs is 1. The standard InChI is InChI=1S/C18H19ClO3S2/c1-2-15(21)24-14-5-3-4-12(20)16(14)18(22)11-6-7-13-10(17(11)19)8-9-23-13/h6-7,15,21H,2-5,8-9H2,1H3. The molecule has 1 aromatic carbocycles. The van der Waals surface area contributed by atoms with Gasteiger partial charge in [-0.1, -0.05) is 30.3 Å². The minimum absolute atomic E-state index is 0.136. The van der Waals surface area contributed by atoms with Crippen LogP contribution in [-0.2, 0) is 11.2 Å². The van der Waals surface area contributed by atoms with Crippen molar-refractivity contribution in [2.75, 3.05) is 5.75 Å². The number of Topliss-reactive ketones (excluding diaryl/α,β-unsaturated/α-hetero) is 2. The number of rotatable bonds is 5. The van der Waals surface area contributed by atoms with Crippen LogP contribution in [0.3, 0.4) is 0 Å². The van der Waals surface area contributed by atoms with Crippen LogP contribution in [0.2, 0.25) is 5.02 Å². The largest absolute Gasteiger partial charge is 0.382 e. The van der Waals surface area contributed by atoms with Crippen molar-refractivity contribution in [1.82, 2.24) is 0 Å². The molecule has 0 amide bonds. The second-order valence-corrected chi connectivity index (χ2v) is 8.67. The van der Waals surface area contributed by atoms with Crippen molar-refractivity contribution in [2.45, 2.75) is 49.4 Å². The molecule has 1 aromatic rings. The molecule has 0 spiro atoms. The van der Waals surface area contributed by atoms with Crippen LogP contribution in [0.25, 0.3) is 0 Å². The van der Waals surface area contributed by atoms with E-state index in [1.807, 2.05) is 13.0 Å². The van der Waals surface area contributed by atoms with E-state index in [0.717, 1.165) is 29.1 Å². The Bertz CT molecular complexity index is 727. The number of aliphatic hydroxyl groups is 1. The van der Waals surface area contributed by atoms with Gasteiger partial charge in [-0.3, -0.25) is 9.59 Å². The highest BCUT2D eigenvalue weighted by Gasteiger charge is 2.31. The van der Waals surface area contributed by atoms with Crippen molar-refractivity contribution >= 4 is 46.7 Å². The quantitative estimate of drug-likeness (QED) is 0.456. The van der Waals surface area contributed by atoms with Crippen LogP contribution >= 0.6 is 35.1 Å². The Balaban J connectivity index is 2.01. The first-order chi connectivity index (χ1) is 11.5. The number of allylic oxidation sites excluding steroid dienone is 2. The Hall–Kier alpha value is -0.750. The van der Waals surface area contributed by atoms with E-state index < -0.39 is 5.44 Å². The smallest absolute Gasteiger partial charge is 0.198 e. The van der Waals surface area contributed by atoms with Gasteiger partial charge in [0.25, 0.3) is 0 Å². The number of ketones is 2. The van der Waals surface area contributed by atoms with Crippen molar-refractivity contribution in [3.63, 3.8) is 0 Å². The maximum Gasteiger partial charge on any atom is 0.198 e. The predicted octanol–water partition coefficient (Wildman–Crippen LogP) is 4.64. The zero-order valence-electron chi connectivity index (χ0n) is 13.4. The van der Waals surface area contributed by atoms with E-state index in [1.54, 1.807) is 17.8 Å². The van der Waals surface area contributed by atoms with E-state index in [-0.39, 0.29) is 17.1 Å². The summed E-state index contributed by atoms with van der Waals surface area (Å²) >= 11 is 9.44. The van der Waals surface area contributed by atoms with Crippen LogP contribution in [0.1, 0.15) is 48.5 Å². The lowest BCUT2D eigenvalue weighted by Gasteiger charge is -2.20. The predicted molar refractivity (Wildman–Crippen MR) is 100.0 cm³/mol. The Labute approximate surface area is 155 Å². The number of carbonyl (C=O) groups excluding carboxylic acids is 2. The molecule has 6 heteroatoms. The van der Waals surface area contributed by atoms with E-state index in [2.05, 4.69) is 0 Å². The summed E-state index contributed by atoms with van der Waals surface area (Å²) in [6.45, 7) is 1.87. The van der Waals surface area contributed by atoms with Crippen molar-refractivity contribution < 1.29 is 14.7 Å². The topological polar surface area (TPSA) is 54.4 Å². The summed E-state index contributed by atoms with van der Waals surface area (Å²) in [5.74, 6) is 0.538. The van der Waals surface area contributed by atoms with E-state index in [4.69, 9.17) is 11.6 Å². The molecule has 1 aliphatic heterocycles. The van der Waals surface area contributed by atoms with Crippen molar-refractivity contribution in [3.8, 4) is 0 Å². The lowest BCUT2D eigenvalue weighted by atomic mass is 9.91. The van der Waals surface area contributed by atoms with Gasteiger partial charge in [0, 0.05) is 27.5 Å². The van der Waals surface area contributed by atoms with Crippen LogP contribution in [0, 0.1) is 0 Å². The molecular weight excluding hydrogens is 364 g/mol. The Morgan fingerprint density at radius 1 is 1.38 bits per heavy atom. The van der Waals surface area contributed by atoms with Gasteiger partial charge in [-0.2, -0.15) is 0 Å². The van der Waals surface area contributed by atoms with Gasteiger partial charge in [-0.15, -0.1) is 11.8 Å². The SMILES string of the molecule is CCC(O)SC1=C(C(=O)c2ccc3c(c2Cl)CCS3)C(=O)CCC1. The molecule has 1 atom stereocenters. The van der Waals surface area contributed by atoms with Gasteiger partial charge in [-0.05, 0) is 43.4 Å². The van der Waals surface area contributed by atoms with Crippen molar-refractivity contribution in [2.24, 2.45) is 0 Å². The van der Waals surface area contributed by atoms with Gasteiger partial charge in [0.15, 0.2) is 11.6 Å². The molecule has 3 nitrogen and oxygen atoms in total. The molecule has 0 fully saturated rings. The minimum atomic E-state index is -0.597. The molecule has 24 heavy (non-hydrogen) atoms. The van der Waals surface area contributed by atoms with Crippen LogP contribution in [-0.4, -0.2) is 27.9 Å². The van der Waals surface area contributed by atoms with Gasteiger partial charge in [0.05, 0.1) is 10.6 Å². The first-order valence-corrected chi connectivity index (χ1v) is 10.4. The summed E-state index contributed by atoms with van der Waals surface area (Å²) in [6, 6.07) is 3.66. The van der Waals surface area contributed by atoms with Gasteiger partial charge >= 0.3 is 0 Å². The molecule has 0 radical (unpaired) electrons. The number of aliphatic hydroxyl groups excluding tert-OH is 1. The molecule has 0 aromatic heterocycles. The molecule has 0 saturated heterocycles. The lowest BCUT2D eigenvalue weighted by molar-refractivity contribution is -0.115. The highest BCUT2D eigenvalue weighted by atomic mass is 35.5. The van der Waals surface area contributed by atoms with Crippen molar-refractivity contribution in [1.29, 1.82) is 0 Å². The fourth-order valence-electron chi connectivity index (χ4n) is 2.98. The number of hydrogen-bond donors (Lipinski definition) is 1. The summed E-state index contributed by atoms with van der Waals surface area (Å²) in [5.41, 5.74) is 1.05. The molecule has 0 saturated carbocycles. The van der Waals surface area contributed by atoms with Gasteiger partial charge in [0.1, 0.15) is 5.44 Å². The zero-order chi connectivity index (χ0) is 17.3. The van der Waals surface area contributed by atoms with Gasteiger partial charge in [0.2, 0.25) is 0 Å². The normalized spacial score (nSPS) is 18.7. The van der Waals surface area contributed by atoms with Gasteiger partial charge in [-0.25, -0.2) is 0 Å². The monoisotopic (exact) mass is 382 g/mol. The summed E-state index contributed by atoms with van der Waals surface area (Å²) < 4.78 is 0. The second-order valence-electron chi connectivity index (χ2n) is 5.89. The first-order valence-electron chi connectivity index (χ1n) is 8.12. The fraction of sp³-hybridized carbons (Fsp3) is 0.444. The lowest BCUT2D eigenvalue weighted by Crippen LogP contribution is -2.20. The Morgan fingerprint density at radius 2 is 2.17 bits per heavy atom. The average molecular weight is 383 g/mol. The summed E-state index contributed by atoms with van der Waals surface area (Å²) in [4.78, 5) is 27.3. The summed E-state index contributed by atoms with van der Waals surface area (Å²) in [6.07, 6.45) is 3.19. The number of halogens is 1. The van der Waals surface area contributed by atoms with E-state index in [0.29, 0.717) is 34.8 Å². The second kappa shape index (κ2) is 7.65. The molecule has 0 bridgehead atoms. The van der Waals surface area contributed by atoms with Gasteiger partial charge < -0.3 is 5.11 Å². The maximum atomic E-state index is 13.0. The Kier molecular flexibility index (Phi) is 5.75. The van der Waals surface area contributed by atoms with E-state index >= 15 is 0 Å². The van der Waals surface area contributed by atoms with Crippen LogP contribution in [0.5, 0.6) is 0 Å². The molecular formula is C18H19ClO3S2. The average Bonchev–Trinajstić information content (AvgIpc) is 3.04. The van der Waals surface area contributed by atoms with Crippen LogP contribution in [0.15, 0.2) is 27.5 Å². The molecule has 1 N–H and O–H groups in total. The molecule has 3 rings (SSSR count). The minimum Gasteiger partial charge on any atom is -0.382 e. The summed E-state index contributed by atoms with van der Waals surface area (Å²) in [5, 5.41) is 10.4. The molecule has 1 unspecified atom stereocenters. The number of thioether (sulfide) groups is 2. The van der Waals surface area contributed by atoms with E-state index in [1.165, 1.54) is 11.8 Å². The number of carbonyl (C=O) groups is 2. The third kappa shape index (κ3) is 3.45. The highest BCUT2D eigenvalue weighted by molar-refractivity contribution is 8.03. The van der Waals surface area contributed by atoms with Crippen LogP contribution in [0.4, 0.5) is 0 Å². The molecule has 128 valence electrons. The van der Waals surface area contributed by atoms with E-state index in [9.17, 15) is 14.7 Å². The third-order valence-corrected chi connectivity index (χ3v) is 7.11. The van der Waals surface area contributed by atoms with Crippen molar-refractivity contribution in [3.05, 3.63) is 38.8 Å². The number of hydrogen-bond acceptors (Lipinski definition) is 5. The fourth-order valence-corrected chi connectivity index (χ4v) is 5.53.